The van der Waals surface area contributed by atoms with Gasteiger partial charge in [-0.2, -0.15) is 5.10 Å². The molecule has 1 fully saturated rings. The molecule has 2 aliphatic rings. The molecule has 8 heteroatoms. The van der Waals surface area contributed by atoms with Crippen molar-refractivity contribution in [3.8, 4) is 0 Å². The summed E-state index contributed by atoms with van der Waals surface area (Å²) in [5.74, 6) is -0.301. The zero-order chi connectivity index (χ0) is 15.1. The van der Waals surface area contributed by atoms with Gasteiger partial charge in [0.2, 0.25) is 11.8 Å². The second-order valence-electron chi connectivity index (χ2n) is 4.84. The third kappa shape index (κ3) is 2.15. The molecular weight excluding hydrogens is 290 g/mol. The predicted molar refractivity (Wildman–Crippen MR) is 79.3 cm³/mol. The molecule has 2 amide bonds. The number of aromatic nitrogens is 2. The molecule has 1 unspecified atom stereocenters. The summed E-state index contributed by atoms with van der Waals surface area (Å²) in [5, 5.41) is 4.85. The maximum Gasteiger partial charge on any atom is 0.248 e. The molecule has 0 spiro atoms. The highest BCUT2D eigenvalue weighted by Gasteiger charge is 2.42. The molecule has 0 radical (unpaired) electrons. The van der Waals surface area contributed by atoms with E-state index in [1.165, 1.54) is 11.8 Å². The number of hydrogen-bond acceptors (Lipinski definition) is 5. The Morgan fingerprint density at radius 2 is 2.33 bits per heavy atom. The number of rotatable bonds is 3. The molecule has 0 saturated carbocycles. The Hall–Kier alpha value is -2.09. The van der Waals surface area contributed by atoms with Crippen LogP contribution in [0.1, 0.15) is 25.5 Å². The normalized spacial score (nSPS) is 21.6. The Labute approximate surface area is 125 Å². The van der Waals surface area contributed by atoms with Gasteiger partial charge in [-0.05, 0) is 13.8 Å². The largest absolute Gasteiger partial charge is 0.366 e. The van der Waals surface area contributed by atoms with E-state index in [0.717, 1.165) is 5.56 Å². The van der Waals surface area contributed by atoms with Gasteiger partial charge in [-0.25, -0.2) is 4.99 Å². The lowest BCUT2D eigenvalue weighted by Gasteiger charge is -2.31. The zero-order valence-corrected chi connectivity index (χ0v) is 12.6. The summed E-state index contributed by atoms with van der Waals surface area (Å²) in [7, 11) is 0. The topological polar surface area (TPSA) is 93.6 Å². The highest BCUT2D eigenvalue weighted by Crippen LogP contribution is 2.40. The molecule has 110 valence electrons. The number of fused-ring (bicyclic) bond motifs is 1. The Morgan fingerprint density at radius 3 is 2.95 bits per heavy atom. The van der Waals surface area contributed by atoms with E-state index in [1.807, 2.05) is 13.1 Å². The average Bonchev–Trinajstić information content (AvgIpc) is 3.04. The minimum absolute atomic E-state index is 0.0701. The lowest BCUT2D eigenvalue weighted by Crippen LogP contribution is -2.40. The van der Waals surface area contributed by atoms with Gasteiger partial charge in [-0.15, -0.1) is 0 Å². The van der Waals surface area contributed by atoms with E-state index >= 15 is 0 Å². The molecule has 3 rings (SSSR count). The first-order chi connectivity index (χ1) is 10.0. The first-order valence-electron chi connectivity index (χ1n) is 6.59. The molecule has 21 heavy (non-hydrogen) atoms. The van der Waals surface area contributed by atoms with Crippen molar-refractivity contribution < 1.29 is 9.59 Å². The van der Waals surface area contributed by atoms with E-state index in [9.17, 15) is 9.59 Å². The van der Waals surface area contributed by atoms with Gasteiger partial charge in [0, 0.05) is 18.3 Å². The van der Waals surface area contributed by atoms with Gasteiger partial charge in [0.15, 0.2) is 5.17 Å². The van der Waals surface area contributed by atoms with Gasteiger partial charge >= 0.3 is 0 Å². The van der Waals surface area contributed by atoms with Gasteiger partial charge in [-0.1, -0.05) is 11.8 Å². The number of allylic oxidation sites excluding steroid dienone is 1. The van der Waals surface area contributed by atoms with Crippen LogP contribution in [0.2, 0.25) is 0 Å². The fourth-order valence-corrected chi connectivity index (χ4v) is 3.51. The molecule has 2 aliphatic heterocycles. The SMILES string of the molecule is CCn1cc(C2C(C(N)=O)=C(C)N=C3SCC(=O)N32)cn1. The Balaban J connectivity index is 2.14. The first-order valence-corrected chi connectivity index (χ1v) is 7.58. The number of primary amides is 1. The lowest BCUT2D eigenvalue weighted by atomic mass is 9.96. The number of amides is 2. The van der Waals surface area contributed by atoms with E-state index < -0.39 is 11.9 Å². The molecular formula is C13H15N5O2S. The van der Waals surface area contributed by atoms with Gasteiger partial charge in [0.1, 0.15) is 0 Å². The molecule has 0 bridgehead atoms. The number of amidine groups is 1. The summed E-state index contributed by atoms with van der Waals surface area (Å²) in [6, 6.07) is -0.530. The Morgan fingerprint density at radius 1 is 1.57 bits per heavy atom. The number of carbonyl (C=O) groups is 2. The molecule has 1 atom stereocenters. The van der Waals surface area contributed by atoms with Crippen LogP contribution in [0.3, 0.4) is 0 Å². The standard InChI is InChI=1S/C13H15N5O2S/c1-3-17-5-8(4-15-17)11-10(12(14)20)7(2)16-13-18(11)9(19)6-21-13/h4-5,11H,3,6H2,1-2H3,(H2,14,20). The van der Waals surface area contributed by atoms with Crippen LogP contribution in [-0.4, -0.2) is 37.4 Å². The fourth-order valence-electron chi connectivity index (χ4n) is 2.57. The first kappa shape index (κ1) is 13.9. The van der Waals surface area contributed by atoms with E-state index in [0.29, 0.717) is 28.7 Å². The molecule has 0 aromatic carbocycles. The highest BCUT2D eigenvalue weighted by molar-refractivity contribution is 8.15. The van der Waals surface area contributed by atoms with Crippen LogP contribution in [0.5, 0.6) is 0 Å². The molecule has 2 N–H and O–H groups in total. The zero-order valence-electron chi connectivity index (χ0n) is 11.7. The van der Waals surface area contributed by atoms with Crippen LogP contribution in [-0.2, 0) is 16.1 Å². The number of carbonyl (C=O) groups excluding carboxylic acids is 2. The van der Waals surface area contributed by atoms with Gasteiger partial charge < -0.3 is 5.73 Å². The third-order valence-corrected chi connectivity index (χ3v) is 4.48. The van der Waals surface area contributed by atoms with Gasteiger partial charge in [-0.3, -0.25) is 19.2 Å². The van der Waals surface area contributed by atoms with Crippen molar-refractivity contribution in [3.63, 3.8) is 0 Å². The second-order valence-corrected chi connectivity index (χ2v) is 5.78. The monoisotopic (exact) mass is 305 g/mol. The van der Waals surface area contributed by atoms with E-state index in [-0.39, 0.29) is 5.91 Å². The van der Waals surface area contributed by atoms with E-state index in [4.69, 9.17) is 5.73 Å². The molecule has 1 aromatic heterocycles. The van der Waals surface area contributed by atoms with Gasteiger partial charge in [0.05, 0.1) is 29.3 Å². The highest BCUT2D eigenvalue weighted by atomic mass is 32.2. The Bertz CT molecular complexity index is 690. The van der Waals surface area contributed by atoms with Crippen molar-refractivity contribution in [2.45, 2.75) is 26.4 Å². The Kier molecular flexibility index (Phi) is 3.32. The molecule has 1 saturated heterocycles. The summed E-state index contributed by atoms with van der Waals surface area (Å²) < 4.78 is 1.75. The molecule has 7 nitrogen and oxygen atoms in total. The van der Waals surface area contributed by atoms with Crippen molar-refractivity contribution >= 4 is 28.7 Å². The summed E-state index contributed by atoms with van der Waals surface area (Å²) in [5.41, 5.74) is 7.20. The summed E-state index contributed by atoms with van der Waals surface area (Å²) >= 11 is 1.38. The average molecular weight is 305 g/mol. The number of hydrogen-bond donors (Lipinski definition) is 1. The van der Waals surface area contributed by atoms with Crippen LogP contribution < -0.4 is 5.73 Å². The van der Waals surface area contributed by atoms with Crippen molar-refractivity contribution in [3.05, 3.63) is 29.2 Å². The number of aliphatic imine (C=N–C) groups is 1. The van der Waals surface area contributed by atoms with Crippen molar-refractivity contribution in [2.24, 2.45) is 10.7 Å². The third-order valence-electron chi connectivity index (χ3n) is 3.54. The summed E-state index contributed by atoms with van der Waals surface area (Å²) in [4.78, 5) is 29.9. The summed E-state index contributed by atoms with van der Waals surface area (Å²) in [6.07, 6.45) is 3.50. The van der Waals surface area contributed by atoms with Crippen LogP contribution in [0.4, 0.5) is 0 Å². The molecule has 1 aromatic rings. The van der Waals surface area contributed by atoms with E-state index in [2.05, 4.69) is 10.1 Å². The van der Waals surface area contributed by atoms with Crippen LogP contribution in [0.15, 0.2) is 28.7 Å². The number of thioether (sulfide) groups is 1. The minimum atomic E-state index is -0.561. The maximum absolute atomic E-state index is 12.2. The molecule has 3 heterocycles. The van der Waals surface area contributed by atoms with Crippen molar-refractivity contribution in [1.82, 2.24) is 14.7 Å². The van der Waals surface area contributed by atoms with Gasteiger partial charge in [0.25, 0.3) is 0 Å². The van der Waals surface area contributed by atoms with Crippen LogP contribution in [0.25, 0.3) is 0 Å². The van der Waals surface area contributed by atoms with E-state index in [1.54, 1.807) is 22.7 Å². The van der Waals surface area contributed by atoms with Crippen LogP contribution in [0, 0.1) is 0 Å². The minimum Gasteiger partial charge on any atom is -0.366 e. The lowest BCUT2D eigenvalue weighted by molar-refractivity contribution is -0.125. The number of nitrogens with zero attached hydrogens (tertiary/aromatic N) is 4. The fraction of sp³-hybridized carbons (Fsp3) is 0.385. The maximum atomic E-state index is 12.2. The molecule has 0 aliphatic carbocycles. The number of nitrogens with two attached hydrogens (primary N) is 1. The predicted octanol–water partition coefficient (Wildman–Crippen LogP) is 0.648. The number of aryl methyl sites for hydroxylation is 1. The van der Waals surface area contributed by atoms with Crippen LogP contribution >= 0.6 is 11.8 Å². The van der Waals surface area contributed by atoms with Crippen molar-refractivity contribution in [1.29, 1.82) is 0 Å². The quantitative estimate of drug-likeness (QED) is 0.887. The smallest absolute Gasteiger partial charge is 0.248 e. The second kappa shape index (κ2) is 5.03. The summed E-state index contributed by atoms with van der Waals surface area (Å²) in [6.45, 7) is 4.42. The van der Waals surface area contributed by atoms with Crippen molar-refractivity contribution in [2.75, 3.05) is 5.75 Å².